The molecular formula is C104H110F2O24. The zero-order valence-corrected chi connectivity index (χ0v) is 76.3. The molecule has 26 heteroatoms. The largest absolute Gasteiger partial charge is 0.508 e. The fourth-order valence-corrected chi connectivity index (χ4v) is 18.6. The SMILES string of the molecule is COc1cc(C2COc3c(ccc(O)c3C)C2c2cc(C)c(OC)c(C)c2)cc(OC)c1O.COc1cc(C2COc3c(ccc(O)c3C)C2c2cc(C)c(OC)c(C)c2)cc(OC)c1OC.COc1cc(C2COc3c(ccc(O)c3C)C2c2ccc(O)c(F)c2)cc(OC)c1O.COc1cc(C2COc3c(ccc(O)c3C)C2c2ccc(O)c(F)c2)cc(OC)c1OC. The molecule has 0 saturated carbocycles. The van der Waals surface area contributed by atoms with Gasteiger partial charge in [-0.2, -0.15) is 0 Å². The van der Waals surface area contributed by atoms with Crippen molar-refractivity contribution >= 4 is 0 Å². The summed E-state index contributed by atoms with van der Waals surface area (Å²) in [7, 11) is 18.8. The zero-order chi connectivity index (χ0) is 93.7. The molecule has 8 atom stereocenters. The number of fused-ring (bicyclic) bond motifs is 4. The maximum absolute atomic E-state index is 14.3. The number of phenolic OH excluding ortho intramolecular Hbond substituents is 8. The molecule has 0 amide bonds. The first kappa shape index (κ1) is 93.3. The van der Waals surface area contributed by atoms with Crippen molar-refractivity contribution in [3.63, 3.8) is 0 Å². The van der Waals surface area contributed by atoms with Crippen LogP contribution in [0, 0.1) is 67.0 Å². The summed E-state index contributed by atoms with van der Waals surface area (Å²) in [5.74, 6) is 5.66. The first-order chi connectivity index (χ1) is 62.4. The molecule has 16 rings (SSSR count). The summed E-state index contributed by atoms with van der Waals surface area (Å²) >= 11 is 0. The van der Waals surface area contributed by atoms with E-state index in [0.717, 1.165) is 106 Å². The number of ether oxygens (including phenoxy) is 16. The number of methoxy groups -OCH3 is 12. The molecule has 0 fully saturated rings. The van der Waals surface area contributed by atoms with Crippen molar-refractivity contribution in [3.05, 3.63) is 281 Å². The Labute approximate surface area is 754 Å². The van der Waals surface area contributed by atoms with Crippen molar-refractivity contribution in [2.75, 3.05) is 112 Å². The maximum Gasteiger partial charge on any atom is 0.203 e. The van der Waals surface area contributed by atoms with Gasteiger partial charge in [-0.05, 0) is 219 Å². The average molecular weight is 1780 g/mol. The number of benzene rings is 12. The van der Waals surface area contributed by atoms with Gasteiger partial charge in [-0.15, -0.1) is 0 Å². The molecule has 684 valence electrons. The van der Waals surface area contributed by atoms with Gasteiger partial charge in [-0.25, -0.2) is 8.78 Å². The molecule has 0 saturated heterocycles. The van der Waals surface area contributed by atoms with Gasteiger partial charge in [0.2, 0.25) is 23.0 Å². The van der Waals surface area contributed by atoms with E-state index in [1.54, 1.807) is 124 Å². The number of rotatable bonds is 20. The summed E-state index contributed by atoms with van der Waals surface area (Å²) in [6.07, 6.45) is 0. The third kappa shape index (κ3) is 17.9. The van der Waals surface area contributed by atoms with Gasteiger partial charge in [0.25, 0.3) is 0 Å². The molecule has 0 aliphatic carbocycles. The Morgan fingerprint density at radius 2 is 0.438 bits per heavy atom. The van der Waals surface area contributed by atoms with Crippen LogP contribution in [0.2, 0.25) is 0 Å². The first-order valence-corrected chi connectivity index (χ1v) is 42.0. The van der Waals surface area contributed by atoms with Crippen molar-refractivity contribution in [1.82, 2.24) is 0 Å². The van der Waals surface area contributed by atoms with Crippen LogP contribution in [0.5, 0.6) is 138 Å². The van der Waals surface area contributed by atoms with E-state index in [1.165, 1.54) is 59.8 Å². The molecule has 12 aromatic carbocycles. The van der Waals surface area contributed by atoms with Crippen LogP contribution in [0.4, 0.5) is 8.78 Å². The Hall–Kier alpha value is -14.3. The van der Waals surface area contributed by atoms with Gasteiger partial charge in [-0.3, -0.25) is 0 Å². The van der Waals surface area contributed by atoms with Crippen LogP contribution >= 0.6 is 0 Å². The van der Waals surface area contributed by atoms with Crippen molar-refractivity contribution in [2.24, 2.45) is 0 Å². The Morgan fingerprint density at radius 3 is 0.646 bits per heavy atom. The normalized spacial score (nSPS) is 17.2. The second-order valence-electron chi connectivity index (χ2n) is 32.4. The lowest BCUT2D eigenvalue weighted by molar-refractivity contribution is 0.244. The fraction of sp³-hybridized carbons (Fsp3) is 0.308. The van der Waals surface area contributed by atoms with E-state index in [0.29, 0.717) is 98.7 Å². The van der Waals surface area contributed by atoms with Crippen LogP contribution in [0.1, 0.15) is 159 Å². The van der Waals surface area contributed by atoms with Crippen molar-refractivity contribution in [3.8, 4) is 138 Å². The summed E-state index contributed by atoms with van der Waals surface area (Å²) in [4.78, 5) is 0. The van der Waals surface area contributed by atoms with E-state index in [2.05, 4.69) is 38.1 Å². The number of hydrogen-bond donors (Lipinski definition) is 8. The van der Waals surface area contributed by atoms with E-state index >= 15 is 0 Å². The van der Waals surface area contributed by atoms with E-state index < -0.39 is 23.1 Å². The van der Waals surface area contributed by atoms with Crippen molar-refractivity contribution < 1.29 is 125 Å². The van der Waals surface area contributed by atoms with E-state index in [4.69, 9.17) is 75.8 Å². The van der Waals surface area contributed by atoms with Crippen LogP contribution < -0.4 is 75.8 Å². The van der Waals surface area contributed by atoms with Crippen molar-refractivity contribution in [1.29, 1.82) is 0 Å². The van der Waals surface area contributed by atoms with Gasteiger partial charge in [-0.1, -0.05) is 60.7 Å². The van der Waals surface area contributed by atoms with Gasteiger partial charge in [0.05, 0.1) is 112 Å². The number of halogens is 2. The number of aromatic hydroxyl groups is 8. The lowest BCUT2D eigenvalue weighted by Crippen LogP contribution is -2.26. The summed E-state index contributed by atoms with van der Waals surface area (Å²) in [6.45, 7) is 16.8. The molecule has 0 bridgehead atoms. The second-order valence-corrected chi connectivity index (χ2v) is 32.4. The molecule has 12 aromatic rings. The quantitative estimate of drug-likeness (QED) is 0.0351. The predicted octanol–water partition coefficient (Wildman–Crippen LogP) is 20.5. The van der Waals surface area contributed by atoms with Gasteiger partial charge < -0.3 is 117 Å². The summed E-state index contributed by atoms with van der Waals surface area (Å²) < 4.78 is 119. The lowest BCUT2D eigenvalue weighted by atomic mass is 9.74. The molecule has 8 unspecified atom stereocenters. The molecule has 24 nitrogen and oxygen atoms in total. The van der Waals surface area contributed by atoms with Crippen LogP contribution in [0.25, 0.3) is 0 Å². The molecule has 0 radical (unpaired) electrons. The molecule has 8 N–H and O–H groups in total. The van der Waals surface area contributed by atoms with Crippen molar-refractivity contribution in [2.45, 2.75) is 103 Å². The second kappa shape index (κ2) is 39.5. The fourth-order valence-electron chi connectivity index (χ4n) is 18.6. The Morgan fingerprint density at radius 1 is 0.231 bits per heavy atom. The molecule has 0 aromatic heterocycles. The topological polar surface area (TPSA) is 310 Å². The van der Waals surface area contributed by atoms with Crippen LogP contribution in [0.3, 0.4) is 0 Å². The number of hydrogen-bond acceptors (Lipinski definition) is 24. The lowest BCUT2D eigenvalue weighted by Gasteiger charge is -2.36. The van der Waals surface area contributed by atoms with Gasteiger partial charge in [0.1, 0.15) is 57.5 Å². The van der Waals surface area contributed by atoms with Gasteiger partial charge in [0.15, 0.2) is 69.1 Å². The summed E-state index contributed by atoms with van der Waals surface area (Å²) in [5.41, 5.74) is 17.7. The molecule has 4 heterocycles. The molecule has 4 aliphatic heterocycles. The molecule has 4 aliphatic rings. The summed E-state index contributed by atoms with van der Waals surface area (Å²) in [6, 6.07) is 46.2. The van der Waals surface area contributed by atoms with Crippen LogP contribution in [-0.4, -0.2) is 153 Å². The highest BCUT2D eigenvalue weighted by atomic mass is 19.1. The highest BCUT2D eigenvalue weighted by Crippen LogP contribution is 2.58. The van der Waals surface area contributed by atoms with E-state index in [1.807, 2.05) is 76.2 Å². The molecule has 130 heavy (non-hydrogen) atoms. The standard InChI is InChI=1S/C28H32O6.C27H30O6.C25H25FO6.C24H23FO6/c1-15-10-19(11-16(2)26(15)32-6)25-20-8-9-22(29)17(3)27(20)34-14-21(25)18-12-23(30-4)28(33-7)24(13-18)31-5;1-14-9-18(10-15(2)26(14)32-6)24-19-7-8-21(28)16(3)27(19)33-13-20(24)17-11-22(30-4)25(29)23(12-17)31-5;1-13-19(27)8-6-16-23(14-5-7-20(28)18(26)9-14)17(12-32-24(13)16)15-10-21(29-2)25(31-4)22(11-15)30-3;1-12-18(26)7-5-15-22(13-4-6-19(27)17(25)8-13)16(11-31-24(12)15)14-9-20(29-2)23(28)21(10-14)30-3/h8-13,21,25,29H,14H2,1-7H3;7-12,20,24,28-29H,13H2,1-6H3;5-11,17,23,27-28H,12H2,1-4H3;4-10,16,22,26-28H,11H2,1-3H3. The smallest absolute Gasteiger partial charge is 0.203 e. The predicted molar refractivity (Wildman–Crippen MR) is 487 cm³/mol. The summed E-state index contributed by atoms with van der Waals surface area (Å²) in [5, 5.41) is 81.0. The third-order valence-corrected chi connectivity index (χ3v) is 25.1. The highest BCUT2D eigenvalue weighted by molar-refractivity contribution is 5.66. The van der Waals surface area contributed by atoms with E-state index in [9.17, 15) is 49.6 Å². The minimum absolute atomic E-state index is 0.0193. The van der Waals surface area contributed by atoms with Gasteiger partial charge >= 0.3 is 0 Å². The number of aryl methyl sites for hydroxylation is 4. The number of phenols is 8. The molecular weight excluding hydrogens is 1670 g/mol. The Balaban J connectivity index is 0.000000148. The van der Waals surface area contributed by atoms with Crippen LogP contribution in [0.15, 0.2) is 158 Å². The Bertz CT molecular complexity index is 6060. The maximum atomic E-state index is 14.3. The van der Waals surface area contributed by atoms with E-state index in [-0.39, 0.29) is 107 Å². The monoisotopic (exact) mass is 1780 g/mol. The van der Waals surface area contributed by atoms with Crippen LogP contribution in [-0.2, 0) is 0 Å². The van der Waals surface area contributed by atoms with Gasteiger partial charge in [0, 0.05) is 91.9 Å². The molecule has 0 spiro atoms. The third-order valence-electron chi connectivity index (χ3n) is 25.1. The highest BCUT2D eigenvalue weighted by Gasteiger charge is 2.42. The Kier molecular flexibility index (Phi) is 28.4. The minimum atomic E-state index is -0.722. The first-order valence-electron chi connectivity index (χ1n) is 42.0. The minimum Gasteiger partial charge on any atom is -0.508 e. The average Bonchev–Trinajstić information content (AvgIpc) is 0.761. The zero-order valence-electron chi connectivity index (χ0n) is 76.3.